The van der Waals surface area contributed by atoms with Crippen molar-refractivity contribution >= 4 is 27.5 Å². The molecule has 4 nitrogen and oxygen atoms in total. The molecule has 3 rings (SSSR count). The molecule has 1 N–H and O–H groups in total. The monoisotopic (exact) mass is 336 g/mol. The Hall–Kier alpha value is -1.10. The highest BCUT2D eigenvalue weighted by Crippen LogP contribution is 2.30. The van der Waals surface area contributed by atoms with E-state index < -0.39 is 0 Å². The van der Waals surface area contributed by atoms with Gasteiger partial charge in [-0.25, -0.2) is 4.52 Å². The Morgan fingerprint density at radius 1 is 1.35 bits per heavy atom. The third-order valence-corrected chi connectivity index (χ3v) is 4.90. The first kappa shape index (κ1) is 13.9. The van der Waals surface area contributed by atoms with Gasteiger partial charge in [0.05, 0.1) is 4.47 Å². The zero-order chi connectivity index (χ0) is 13.9. The third kappa shape index (κ3) is 3.14. The summed E-state index contributed by atoms with van der Waals surface area (Å²) >= 11 is 3.50. The molecule has 0 amide bonds. The molecule has 5 heteroatoms. The standard InChI is InChI=1S/C15H21BrN4/c1-11-4-6-12(7-5-11)8-9-17-15-18-14-13(16)3-2-10-20(14)19-15/h2-3,10-12H,4-9H2,1H3,(H,17,19). The molecule has 0 atom stereocenters. The lowest BCUT2D eigenvalue weighted by Gasteiger charge is -2.25. The average Bonchev–Trinajstić information content (AvgIpc) is 2.85. The van der Waals surface area contributed by atoms with Gasteiger partial charge in [-0.1, -0.05) is 32.6 Å². The summed E-state index contributed by atoms with van der Waals surface area (Å²) in [5.41, 5.74) is 0.862. The molecule has 2 aromatic heterocycles. The lowest BCUT2D eigenvalue weighted by molar-refractivity contribution is 0.282. The molecule has 20 heavy (non-hydrogen) atoms. The Morgan fingerprint density at radius 3 is 2.90 bits per heavy atom. The summed E-state index contributed by atoms with van der Waals surface area (Å²) in [6.07, 6.45) is 8.69. The number of fused-ring (bicyclic) bond motifs is 1. The minimum atomic E-state index is 0.723. The molecule has 2 aromatic rings. The van der Waals surface area contributed by atoms with Crippen LogP contribution in [-0.2, 0) is 0 Å². The summed E-state index contributed by atoms with van der Waals surface area (Å²) in [5.74, 6) is 2.53. The van der Waals surface area contributed by atoms with Crippen molar-refractivity contribution in [2.75, 3.05) is 11.9 Å². The Bertz CT molecular complexity index is 572. The smallest absolute Gasteiger partial charge is 0.243 e. The molecular formula is C15H21BrN4. The molecule has 108 valence electrons. The van der Waals surface area contributed by atoms with Crippen molar-refractivity contribution in [3.8, 4) is 0 Å². The van der Waals surface area contributed by atoms with Gasteiger partial charge in [0, 0.05) is 12.7 Å². The van der Waals surface area contributed by atoms with Gasteiger partial charge in [0.15, 0.2) is 5.65 Å². The highest BCUT2D eigenvalue weighted by Gasteiger charge is 2.17. The van der Waals surface area contributed by atoms with E-state index in [9.17, 15) is 0 Å². The maximum absolute atomic E-state index is 4.50. The van der Waals surface area contributed by atoms with Gasteiger partial charge in [0.1, 0.15) is 0 Å². The van der Waals surface area contributed by atoms with Gasteiger partial charge >= 0.3 is 0 Å². The summed E-state index contributed by atoms with van der Waals surface area (Å²) in [4.78, 5) is 4.50. The molecule has 1 aliphatic carbocycles. The highest BCUT2D eigenvalue weighted by molar-refractivity contribution is 9.10. The van der Waals surface area contributed by atoms with Crippen molar-refractivity contribution < 1.29 is 0 Å². The molecule has 0 aromatic carbocycles. The molecule has 0 unspecified atom stereocenters. The highest BCUT2D eigenvalue weighted by atomic mass is 79.9. The number of halogens is 1. The SMILES string of the molecule is CC1CCC(CCNc2nc3c(Br)cccn3n2)CC1. The fourth-order valence-electron chi connectivity index (χ4n) is 2.95. The minimum Gasteiger partial charge on any atom is -0.353 e. The molecule has 1 aliphatic rings. The topological polar surface area (TPSA) is 42.2 Å². The van der Waals surface area contributed by atoms with Crippen LogP contribution in [0, 0.1) is 11.8 Å². The summed E-state index contributed by atoms with van der Waals surface area (Å²) in [5, 5.41) is 7.79. The van der Waals surface area contributed by atoms with Gasteiger partial charge in [-0.15, -0.1) is 5.10 Å². The molecule has 0 spiro atoms. The summed E-state index contributed by atoms with van der Waals surface area (Å²) in [6, 6.07) is 3.94. The number of hydrogen-bond donors (Lipinski definition) is 1. The minimum absolute atomic E-state index is 0.723. The van der Waals surface area contributed by atoms with E-state index in [-0.39, 0.29) is 0 Å². The lowest BCUT2D eigenvalue weighted by atomic mass is 9.81. The van der Waals surface area contributed by atoms with Crippen LogP contribution >= 0.6 is 15.9 Å². The number of hydrogen-bond acceptors (Lipinski definition) is 3. The van der Waals surface area contributed by atoms with E-state index in [1.54, 1.807) is 4.52 Å². The van der Waals surface area contributed by atoms with Crippen molar-refractivity contribution in [2.45, 2.75) is 39.0 Å². The van der Waals surface area contributed by atoms with E-state index in [1.807, 2.05) is 18.3 Å². The Morgan fingerprint density at radius 2 is 2.15 bits per heavy atom. The molecule has 0 aliphatic heterocycles. The molecule has 2 heterocycles. The van der Waals surface area contributed by atoms with E-state index in [1.165, 1.54) is 32.1 Å². The molecule has 0 radical (unpaired) electrons. The van der Waals surface area contributed by atoms with Crippen LogP contribution in [0.15, 0.2) is 22.8 Å². The normalized spacial score (nSPS) is 23.1. The van der Waals surface area contributed by atoms with Crippen LogP contribution in [0.5, 0.6) is 0 Å². The van der Waals surface area contributed by atoms with Gasteiger partial charge in [-0.3, -0.25) is 0 Å². The fraction of sp³-hybridized carbons (Fsp3) is 0.600. The van der Waals surface area contributed by atoms with Gasteiger partial charge in [0.25, 0.3) is 0 Å². The first-order valence-corrected chi connectivity index (χ1v) is 8.26. The molecule has 1 saturated carbocycles. The van der Waals surface area contributed by atoms with E-state index in [0.717, 1.165) is 34.4 Å². The van der Waals surface area contributed by atoms with Gasteiger partial charge < -0.3 is 5.32 Å². The average molecular weight is 337 g/mol. The second-order valence-corrected chi connectivity index (χ2v) is 6.76. The molecule has 0 saturated heterocycles. The van der Waals surface area contributed by atoms with Crippen LogP contribution in [0.4, 0.5) is 5.95 Å². The van der Waals surface area contributed by atoms with Crippen molar-refractivity contribution in [3.63, 3.8) is 0 Å². The third-order valence-electron chi connectivity index (χ3n) is 4.29. The molecular weight excluding hydrogens is 316 g/mol. The Labute approximate surface area is 128 Å². The maximum atomic E-state index is 4.50. The summed E-state index contributed by atoms with van der Waals surface area (Å²) in [7, 11) is 0. The number of nitrogens with zero attached hydrogens (tertiary/aromatic N) is 3. The van der Waals surface area contributed by atoms with E-state index in [2.05, 4.69) is 38.3 Å². The predicted octanol–water partition coefficient (Wildman–Crippen LogP) is 4.12. The second kappa shape index (κ2) is 6.12. The predicted molar refractivity (Wildman–Crippen MR) is 84.9 cm³/mol. The number of aromatic nitrogens is 3. The van der Waals surface area contributed by atoms with Gasteiger partial charge in [-0.2, -0.15) is 4.98 Å². The van der Waals surface area contributed by atoms with Crippen molar-refractivity contribution in [3.05, 3.63) is 22.8 Å². The molecule has 1 fully saturated rings. The van der Waals surface area contributed by atoms with Crippen LogP contribution < -0.4 is 5.32 Å². The zero-order valence-electron chi connectivity index (χ0n) is 11.8. The first-order chi connectivity index (χ1) is 9.72. The first-order valence-electron chi connectivity index (χ1n) is 7.47. The zero-order valence-corrected chi connectivity index (χ0v) is 13.4. The number of rotatable bonds is 4. The van der Waals surface area contributed by atoms with Crippen LogP contribution in [0.1, 0.15) is 39.0 Å². The Kier molecular flexibility index (Phi) is 4.24. The van der Waals surface area contributed by atoms with Crippen molar-refractivity contribution in [2.24, 2.45) is 11.8 Å². The quantitative estimate of drug-likeness (QED) is 0.913. The van der Waals surface area contributed by atoms with Crippen molar-refractivity contribution in [1.29, 1.82) is 0 Å². The van der Waals surface area contributed by atoms with E-state index in [4.69, 9.17) is 0 Å². The van der Waals surface area contributed by atoms with Crippen LogP contribution in [0.25, 0.3) is 5.65 Å². The van der Waals surface area contributed by atoms with Crippen LogP contribution in [-0.4, -0.2) is 21.1 Å². The summed E-state index contributed by atoms with van der Waals surface area (Å²) < 4.78 is 2.77. The largest absolute Gasteiger partial charge is 0.353 e. The Balaban J connectivity index is 1.53. The lowest BCUT2D eigenvalue weighted by Crippen LogP contribution is -2.16. The number of anilines is 1. The maximum Gasteiger partial charge on any atom is 0.243 e. The fourth-order valence-corrected chi connectivity index (χ4v) is 3.38. The number of pyridine rings is 1. The second-order valence-electron chi connectivity index (χ2n) is 5.90. The summed E-state index contributed by atoms with van der Waals surface area (Å²) in [6.45, 7) is 3.33. The van der Waals surface area contributed by atoms with Crippen molar-refractivity contribution in [1.82, 2.24) is 14.6 Å². The van der Waals surface area contributed by atoms with E-state index in [0.29, 0.717) is 0 Å². The van der Waals surface area contributed by atoms with Crippen LogP contribution in [0.3, 0.4) is 0 Å². The number of nitrogens with one attached hydrogen (secondary N) is 1. The van der Waals surface area contributed by atoms with Gasteiger partial charge in [-0.05, 0) is 46.3 Å². The van der Waals surface area contributed by atoms with Gasteiger partial charge in [0.2, 0.25) is 5.95 Å². The molecule has 0 bridgehead atoms. The van der Waals surface area contributed by atoms with E-state index >= 15 is 0 Å². The van der Waals surface area contributed by atoms with Crippen LogP contribution in [0.2, 0.25) is 0 Å².